The van der Waals surface area contributed by atoms with E-state index in [-0.39, 0.29) is 68.0 Å². The van der Waals surface area contributed by atoms with Gasteiger partial charge < -0.3 is 10.1 Å². The zero-order chi connectivity index (χ0) is 24.3. The summed E-state index contributed by atoms with van der Waals surface area (Å²) in [6.45, 7) is 1.23. The average molecular weight is 565 g/mol. The van der Waals surface area contributed by atoms with Crippen LogP contribution in [0.2, 0.25) is 5.02 Å². The number of nitrogens with zero attached hydrogens (tertiary/aromatic N) is 1. The Balaban J connectivity index is 0.00000342. The molecule has 2 aromatic carbocycles. The molecule has 0 aliphatic carbocycles. The number of hydrogen-bond acceptors (Lipinski definition) is 7. The van der Waals surface area contributed by atoms with Crippen LogP contribution in [0.4, 0.5) is 11.4 Å². The molecule has 2 N–H and O–H groups in total. The van der Waals surface area contributed by atoms with Crippen LogP contribution in [-0.4, -0.2) is 82.9 Å². The number of thiophene rings is 1. The van der Waals surface area contributed by atoms with E-state index < -0.39 is 26.0 Å². The van der Waals surface area contributed by atoms with Gasteiger partial charge in [-0.3, -0.25) is 9.52 Å². The van der Waals surface area contributed by atoms with Gasteiger partial charge in [0.25, 0.3) is 15.9 Å². The molecule has 1 aliphatic heterocycles. The van der Waals surface area contributed by atoms with Gasteiger partial charge >= 0.3 is 0 Å². The number of carbonyl (C=O) groups excluding carboxylic acids is 1. The van der Waals surface area contributed by atoms with Gasteiger partial charge in [-0.2, -0.15) is 4.31 Å². The van der Waals surface area contributed by atoms with E-state index in [1.54, 1.807) is 11.4 Å². The number of nitrogens with one attached hydrogen (secondary N) is 2. The molecule has 9 nitrogen and oxygen atoms in total. The maximum absolute atomic E-state index is 12.9. The van der Waals surface area contributed by atoms with E-state index >= 15 is 0 Å². The fraction of sp³-hybridized carbons (Fsp3) is 0.190. The van der Waals surface area contributed by atoms with Crippen molar-refractivity contribution in [3.63, 3.8) is 0 Å². The summed E-state index contributed by atoms with van der Waals surface area (Å²) in [5.41, 5.74) is 0.289. The molecule has 0 bridgehead atoms. The largest absolute Gasteiger partial charge is 0.379 e. The van der Waals surface area contributed by atoms with Crippen LogP contribution < -0.4 is 10.0 Å². The van der Waals surface area contributed by atoms with Crippen molar-refractivity contribution in [1.29, 1.82) is 0 Å². The number of halogens is 1. The number of ether oxygens (including phenoxy) is 1. The predicted octanol–water partition coefficient (Wildman–Crippen LogP) is 3.09. The van der Waals surface area contributed by atoms with E-state index in [9.17, 15) is 21.6 Å². The first-order chi connectivity index (χ1) is 16.2. The minimum atomic E-state index is -3.93. The Morgan fingerprint density at radius 2 is 1.66 bits per heavy atom. The molecule has 1 aromatic heterocycles. The van der Waals surface area contributed by atoms with Crippen LogP contribution in [0, 0.1) is 0 Å². The number of benzene rings is 2. The van der Waals surface area contributed by atoms with E-state index in [0.29, 0.717) is 18.9 Å². The normalized spacial score (nSPS) is 14.7. The first kappa shape index (κ1) is 28.1. The maximum Gasteiger partial charge on any atom is 0.271 e. The second kappa shape index (κ2) is 11.7. The molecule has 0 atom stereocenters. The molecule has 1 saturated heterocycles. The zero-order valence-electron chi connectivity index (χ0n) is 18.6. The number of morpholine rings is 1. The molecule has 3 aromatic rings. The Morgan fingerprint density at radius 1 is 0.971 bits per heavy atom. The first-order valence-corrected chi connectivity index (χ1v) is 14.2. The molecule has 14 heteroatoms. The van der Waals surface area contributed by atoms with Gasteiger partial charge in [0.1, 0.15) is 4.21 Å². The Kier molecular flexibility index (Phi) is 9.40. The summed E-state index contributed by atoms with van der Waals surface area (Å²) < 4.78 is 59.8. The molecule has 181 valence electrons. The molecule has 4 rings (SSSR count). The van der Waals surface area contributed by atoms with Crippen molar-refractivity contribution in [2.45, 2.75) is 9.10 Å². The van der Waals surface area contributed by atoms with E-state index in [4.69, 9.17) is 16.3 Å². The van der Waals surface area contributed by atoms with Crippen LogP contribution in [-0.2, 0) is 24.8 Å². The van der Waals surface area contributed by atoms with Crippen LogP contribution in [0.3, 0.4) is 0 Å². The van der Waals surface area contributed by atoms with Crippen LogP contribution >= 0.6 is 22.9 Å². The second-order valence-electron chi connectivity index (χ2n) is 7.19. The van der Waals surface area contributed by atoms with Crippen molar-refractivity contribution in [3.8, 4) is 0 Å². The maximum atomic E-state index is 12.9. The van der Waals surface area contributed by atoms with Gasteiger partial charge in [-0.25, -0.2) is 16.8 Å². The van der Waals surface area contributed by atoms with Crippen molar-refractivity contribution in [2.75, 3.05) is 36.3 Å². The van der Waals surface area contributed by atoms with Gasteiger partial charge in [-0.05, 0) is 47.8 Å². The standard InChI is InChI=1S/C21H20ClN3O6S3.Na/c22-18-4-1-3-17(20(18)24-33(27,28)19-5-2-14-32-19)21(26)23-15-6-8-16(9-7-15)34(29,30)25-10-12-31-13-11-25;/h1-9,14,24H,10-13H2,(H,23,26);. The quantitative estimate of drug-likeness (QED) is 0.425. The molecular weight excluding hydrogens is 545 g/mol. The van der Waals surface area contributed by atoms with Crippen molar-refractivity contribution < 1.29 is 26.4 Å². The smallest absolute Gasteiger partial charge is 0.271 e. The zero-order valence-corrected chi connectivity index (χ0v) is 23.8. The number of sulfonamides is 2. The van der Waals surface area contributed by atoms with Gasteiger partial charge in [-0.15, -0.1) is 11.3 Å². The van der Waals surface area contributed by atoms with E-state index in [1.807, 2.05) is 0 Å². The van der Waals surface area contributed by atoms with Gasteiger partial charge in [0, 0.05) is 48.3 Å². The van der Waals surface area contributed by atoms with Gasteiger partial charge in [0.05, 0.1) is 34.4 Å². The van der Waals surface area contributed by atoms with Crippen LogP contribution in [0.5, 0.6) is 0 Å². The topological polar surface area (TPSA) is 122 Å². The molecule has 2 heterocycles. The SMILES string of the molecule is O=C(Nc1ccc(S(=O)(=O)N2CCOCC2)cc1)c1cccc(Cl)c1NS(=O)(=O)c1cccs1.[Na]. The number of amides is 1. The fourth-order valence-electron chi connectivity index (χ4n) is 3.26. The molecule has 0 unspecified atom stereocenters. The number of anilines is 2. The number of para-hydroxylation sites is 1. The van der Waals surface area contributed by atoms with E-state index in [2.05, 4.69) is 10.0 Å². The van der Waals surface area contributed by atoms with Crippen molar-refractivity contribution >= 4 is 89.8 Å². The summed E-state index contributed by atoms with van der Waals surface area (Å²) in [4.78, 5) is 13.0. The number of rotatable bonds is 7. The third-order valence-electron chi connectivity index (χ3n) is 4.97. The summed E-state index contributed by atoms with van der Waals surface area (Å²) in [5, 5.41) is 4.32. The fourth-order valence-corrected chi connectivity index (χ4v) is 7.04. The minimum Gasteiger partial charge on any atom is -0.379 e. The molecule has 1 aliphatic rings. The second-order valence-corrected chi connectivity index (χ2v) is 12.4. The van der Waals surface area contributed by atoms with Crippen molar-refractivity contribution in [2.24, 2.45) is 0 Å². The predicted molar refractivity (Wildman–Crippen MR) is 136 cm³/mol. The van der Waals surface area contributed by atoms with Crippen LogP contribution in [0.25, 0.3) is 0 Å². The summed E-state index contributed by atoms with van der Waals surface area (Å²) in [6.07, 6.45) is 0. The Morgan fingerprint density at radius 3 is 2.29 bits per heavy atom. The van der Waals surface area contributed by atoms with Crippen molar-refractivity contribution in [3.05, 3.63) is 70.6 Å². The monoisotopic (exact) mass is 564 g/mol. The summed E-state index contributed by atoms with van der Waals surface area (Å²) in [5.74, 6) is -0.616. The van der Waals surface area contributed by atoms with Crippen LogP contribution in [0.15, 0.2) is 69.1 Å². The summed E-state index contributed by atoms with van der Waals surface area (Å²) in [6, 6.07) is 13.2. The van der Waals surface area contributed by atoms with Gasteiger partial charge in [-0.1, -0.05) is 23.7 Å². The molecule has 0 saturated carbocycles. The third kappa shape index (κ3) is 6.45. The number of carbonyl (C=O) groups is 1. The Hall–Kier alpha value is -1.48. The van der Waals surface area contributed by atoms with Gasteiger partial charge in [0.15, 0.2) is 0 Å². The summed E-state index contributed by atoms with van der Waals surface area (Å²) in [7, 11) is -7.60. The molecule has 1 amide bonds. The van der Waals surface area contributed by atoms with Crippen molar-refractivity contribution in [1.82, 2.24) is 4.31 Å². The van der Waals surface area contributed by atoms with E-state index in [0.717, 1.165) is 11.3 Å². The molecule has 1 radical (unpaired) electrons. The molecule has 1 fully saturated rings. The third-order valence-corrected chi connectivity index (χ3v) is 9.95. The first-order valence-electron chi connectivity index (χ1n) is 10.0. The molecule has 35 heavy (non-hydrogen) atoms. The van der Waals surface area contributed by atoms with Crippen LogP contribution in [0.1, 0.15) is 10.4 Å². The Bertz CT molecular complexity index is 1390. The molecular formula is C21H20ClN3NaO6S3. The van der Waals surface area contributed by atoms with E-state index in [1.165, 1.54) is 52.8 Å². The van der Waals surface area contributed by atoms with Gasteiger partial charge in [0.2, 0.25) is 10.0 Å². The summed E-state index contributed by atoms with van der Waals surface area (Å²) >= 11 is 7.24. The Labute approximate surface area is 234 Å². The average Bonchev–Trinajstić information content (AvgIpc) is 3.37. The number of hydrogen-bond donors (Lipinski definition) is 2. The molecule has 0 spiro atoms. The minimum absolute atomic E-state index is 0.